The maximum absolute atomic E-state index is 4.06. The Balaban J connectivity index is 1.71. The van der Waals surface area contributed by atoms with Gasteiger partial charge in [-0.3, -0.25) is 4.90 Å². The van der Waals surface area contributed by atoms with Crippen LogP contribution in [0.25, 0.3) is 5.69 Å². The Morgan fingerprint density at radius 2 is 1.82 bits per heavy atom. The number of aromatic nitrogens is 2. The van der Waals surface area contributed by atoms with Crippen LogP contribution < -0.4 is 0 Å². The summed E-state index contributed by atoms with van der Waals surface area (Å²) in [5.41, 5.74) is 2.57. The van der Waals surface area contributed by atoms with Crippen LogP contribution in [-0.4, -0.2) is 27.5 Å². The lowest BCUT2D eigenvalue weighted by Gasteiger charge is -2.14. The Morgan fingerprint density at radius 1 is 1.06 bits per heavy atom. The van der Waals surface area contributed by atoms with Gasteiger partial charge in [0.05, 0.1) is 6.33 Å². The summed E-state index contributed by atoms with van der Waals surface area (Å²) in [4.78, 5) is 6.58. The molecule has 1 aliphatic heterocycles. The van der Waals surface area contributed by atoms with Crippen molar-refractivity contribution >= 4 is 0 Å². The van der Waals surface area contributed by atoms with Gasteiger partial charge in [-0.25, -0.2) is 4.98 Å². The molecule has 1 aromatic carbocycles. The maximum atomic E-state index is 4.06. The van der Waals surface area contributed by atoms with Crippen molar-refractivity contribution in [2.24, 2.45) is 0 Å². The molecule has 0 aliphatic carbocycles. The van der Waals surface area contributed by atoms with Gasteiger partial charge < -0.3 is 4.57 Å². The Morgan fingerprint density at radius 3 is 2.47 bits per heavy atom. The van der Waals surface area contributed by atoms with E-state index in [1.54, 1.807) is 6.20 Å². The second kappa shape index (κ2) is 4.72. The summed E-state index contributed by atoms with van der Waals surface area (Å²) in [7, 11) is 0. The monoisotopic (exact) mass is 227 g/mol. The fourth-order valence-corrected chi connectivity index (χ4v) is 2.38. The van der Waals surface area contributed by atoms with Gasteiger partial charge in [0.25, 0.3) is 0 Å². The lowest BCUT2D eigenvalue weighted by molar-refractivity contribution is 0.331. The normalized spacial score (nSPS) is 16.5. The third-order valence-corrected chi connectivity index (χ3v) is 3.34. The lowest BCUT2D eigenvalue weighted by Crippen LogP contribution is -2.18. The molecule has 1 saturated heterocycles. The summed E-state index contributed by atoms with van der Waals surface area (Å²) in [6, 6.07) is 8.75. The summed E-state index contributed by atoms with van der Waals surface area (Å²) in [6.45, 7) is 3.59. The minimum Gasteiger partial charge on any atom is -0.306 e. The summed E-state index contributed by atoms with van der Waals surface area (Å²) < 4.78 is 2.03. The first-order chi connectivity index (χ1) is 8.42. The summed E-state index contributed by atoms with van der Waals surface area (Å²) in [6.07, 6.45) is 8.31. The quantitative estimate of drug-likeness (QED) is 0.803. The van der Waals surface area contributed by atoms with Crippen LogP contribution in [0.15, 0.2) is 43.0 Å². The molecule has 0 saturated carbocycles. The number of hydrogen-bond acceptors (Lipinski definition) is 2. The highest BCUT2D eigenvalue weighted by molar-refractivity contribution is 5.34. The van der Waals surface area contributed by atoms with Gasteiger partial charge in [-0.1, -0.05) is 12.1 Å². The van der Waals surface area contributed by atoms with Crippen molar-refractivity contribution in [1.29, 1.82) is 0 Å². The first-order valence-corrected chi connectivity index (χ1v) is 6.21. The fraction of sp³-hybridized carbons (Fsp3) is 0.357. The van der Waals surface area contributed by atoms with E-state index in [2.05, 4.69) is 34.1 Å². The molecule has 17 heavy (non-hydrogen) atoms. The third kappa shape index (κ3) is 2.39. The van der Waals surface area contributed by atoms with Crippen LogP contribution in [0.4, 0.5) is 0 Å². The summed E-state index contributed by atoms with van der Waals surface area (Å²) in [5.74, 6) is 0. The van der Waals surface area contributed by atoms with E-state index in [-0.39, 0.29) is 0 Å². The van der Waals surface area contributed by atoms with Crippen molar-refractivity contribution in [3.63, 3.8) is 0 Å². The lowest BCUT2D eigenvalue weighted by atomic mass is 10.2. The largest absolute Gasteiger partial charge is 0.306 e. The van der Waals surface area contributed by atoms with Gasteiger partial charge in [0.1, 0.15) is 0 Å². The van der Waals surface area contributed by atoms with Gasteiger partial charge in [-0.15, -0.1) is 0 Å². The van der Waals surface area contributed by atoms with Crippen molar-refractivity contribution in [3.8, 4) is 5.69 Å². The van der Waals surface area contributed by atoms with E-state index in [1.807, 2.05) is 17.1 Å². The first-order valence-electron chi connectivity index (χ1n) is 6.21. The van der Waals surface area contributed by atoms with E-state index in [9.17, 15) is 0 Å². The molecule has 0 atom stereocenters. The first kappa shape index (κ1) is 10.5. The van der Waals surface area contributed by atoms with E-state index in [1.165, 1.54) is 37.2 Å². The molecule has 88 valence electrons. The number of likely N-dealkylation sites (tertiary alicyclic amines) is 1. The second-order valence-corrected chi connectivity index (χ2v) is 4.62. The van der Waals surface area contributed by atoms with E-state index >= 15 is 0 Å². The minimum absolute atomic E-state index is 1.09. The molecule has 0 spiro atoms. The highest BCUT2D eigenvalue weighted by atomic mass is 15.1. The van der Waals surface area contributed by atoms with Crippen LogP contribution in [0.3, 0.4) is 0 Å². The van der Waals surface area contributed by atoms with Gasteiger partial charge in [0.2, 0.25) is 0 Å². The zero-order valence-corrected chi connectivity index (χ0v) is 9.92. The molecule has 0 amide bonds. The fourth-order valence-electron chi connectivity index (χ4n) is 2.38. The molecule has 2 heterocycles. The van der Waals surface area contributed by atoms with Gasteiger partial charge in [-0.2, -0.15) is 0 Å². The predicted molar refractivity (Wildman–Crippen MR) is 68.1 cm³/mol. The molecular formula is C14H17N3. The number of hydrogen-bond donors (Lipinski definition) is 0. The topological polar surface area (TPSA) is 21.1 Å². The highest BCUT2D eigenvalue weighted by Gasteiger charge is 2.11. The van der Waals surface area contributed by atoms with E-state index < -0.39 is 0 Å². The Labute approximate surface area is 102 Å². The summed E-state index contributed by atoms with van der Waals surface area (Å²) in [5, 5.41) is 0. The predicted octanol–water partition coefficient (Wildman–Crippen LogP) is 2.47. The number of rotatable bonds is 3. The van der Waals surface area contributed by atoms with Gasteiger partial charge in [0.15, 0.2) is 0 Å². The molecule has 0 unspecified atom stereocenters. The zero-order chi connectivity index (χ0) is 11.5. The van der Waals surface area contributed by atoms with Crippen LogP contribution in [0.1, 0.15) is 18.4 Å². The SMILES string of the molecule is c1cn(-c2ccc(CN3CCCC3)cc2)cn1. The Kier molecular flexibility index (Phi) is 2.92. The van der Waals surface area contributed by atoms with Crippen LogP contribution in [0.5, 0.6) is 0 Å². The molecule has 1 aliphatic rings. The maximum Gasteiger partial charge on any atom is 0.0991 e. The molecular weight excluding hydrogens is 210 g/mol. The molecule has 2 aromatic rings. The Bertz CT molecular complexity index is 453. The van der Waals surface area contributed by atoms with Crippen LogP contribution >= 0.6 is 0 Å². The van der Waals surface area contributed by atoms with Gasteiger partial charge in [0, 0.05) is 24.6 Å². The molecule has 3 nitrogen and oxygen atoms in total. The molecule has 3 heteroatoms. The highest BCUT2D eigenvalue weighted by Crippen LogP contribution is 2.14. The van der Waals surface area contributed by atoms with Crippen LogP contribution in [-0.2, 0) is 6.54 Å². The van der Waals surface area contributed by atoms with Gasteiger partial charge in [-0.05, 0) is 43.6 Å². The molecule has 1 fully saturated rings. The standard InChI is InChI=1S/C14H17N3/c1-2-9-16(8-1)11-13-3-5-14(6-4-13)17-10-7-15-12-17/h3-7,10,12H,1-2,8-9,11H2. The molecule has 0 N–H and O–H groups in total. The minimum atomic E-state index is 1.09. The van der Waals surface area contributed by atoms with Crippen molar-refractivity contribution in [2.45, 2.75) is 19.4 Å². The molecule has 0 bridgehead atoms. The third-order valence-electron chi connectivity index (χ3n) is 3.34. The van der Waals surface area contributed by atoms with E-state index in [0.29, 0.717) is 0 Å². The molecule has 3 rings (SSSR count). The smallest absolute Gasteiger partial charge is 0.0991 e. The second-order valence-electron chi connectivity index (χ2n) is 4.62. The van der Waals surface area contributed by atoms with E-state index in [0.717, 1.165) is 6.54 Å². The molecule has 0 radical (unpaired) electrons. The van der Waals surface area contributed by atoms with Crippen LogP contribution in [0.2, 0.25) is 0 Å². The van der Waals surface area contributed by atoms with Crippen molar-refractivity contribution < 1.29 is 0 Å². The average molecular weight is 227 g/mol. The zero-order valence-electron chi connectivity index (χ0n) is 9.92. The molecule has 1 aromatic heterocycles. The average Bonchev–Trinajstić information content (AvgIpc) is 3.01. The Hall–Kier alpha value is -1.61. The van der Waals surface area contributed by atoms with Crippen LogP contribution in [0, 0.1) is 0 Å². The number of benzene rings is 1. The summed E-state index contributed by atoms with van der Waals surface area (Å²) >= 11 is 0. The van der Waals surface area contributed by atoms with Crippen molar-refractivity contribution in [2.75, 3.05) is 13.1 Å². The number of nitrogens with zero attached hydrogens (tertiary/aromatic N) is 3. The van der Waals surface area contributed by atoms with Crippen molar-refractivity contribution in [3.05, 3.63) is 48.5 Å². The van der Waals surface area contributed by atoms with E-state index in [4.69, 9.17) is 0 Å². The van der Waals surface area contributed by atoms with Crippen molar-refractivity contribution in [1.82, 2.24) is 14.5 Å². The van der Waals surface area contributed by atoms with Gasteiger partial charge >= 0.3 is 0 Å². The number of imidazole rings is 1.